The monoisotopic (exact) mass is 229 g/mol. The van der Waals surface area contributed by atoms with Gasteiger partial charge in [-0.25, -0.2) is 9.97 Å². The summed E-state index contributed by atoms with van der Waals surface area (Å²) in [6.45, 7) is -0.302. The van der Waals surface area contributed by atoms with Crippen molar-refractivity contribution in [3.63, 3.8) is 0 Å². The Bertz CT molecular complexity index is 660. The van der Waals surface area contributed by atoms with E-state index in [0.717, 1.165) is 16.7 Å². The Balaban J connectivity index is 2.13. The summed E-state index contributed by atoms with van der Waals surface area (Å²) in [5, 5.41) is 0. The van der Waals surface area contributed by atoms with Crippen LogP contribution in [0.4, 0.5) is 4.39 Å². The van der Waals surface area contributed by atoms with Crippen LogP contribution in [0, 0.1) is 0 Å². The van der Waals surface area contributed by atoms with Gasteiger partial charge in [0.25, 0.3) is 0 Å². The van der Waals surface area contributed by atoms with Crippen LogP contribution in [0.5, 0.6) is 0 Å². The third-order valence-corrected chi connectivity index (χ3v) is 2.80. The first-order chi connectivity index (χ1) is 8.38. The van der Waals surface area contributed by atoms with Crippen LogP contribution in [0.25, 0.3) is 16.8 Å². The van der Waals surface area contributed by atoms with E-state index in [4.69, 9.17) is 0 Å². The second kappa shape index (κ2) is 4.13. The molecule has 1 aromatic carbocycles. The minimum Gasteiger partial charge on any atom is -0.284 e. The van der Waals surface area contributed by atoms with Gasteiger partial charge in [-0.3, -0.25) is 8.79 Å². The predicted molar refractivity (Wildman–Crippen MR) is 64.8 cm³/mol. The Morgan fingerprint density at radius 3 is 2.88 bits per heavy atom. The summed E-state index contributed by atoms with van der Waals surface area (Å²) in [5.74, 6) is 0.683. The maximum absolute atomic E-state index is 12.1. The molecule has 0 unspecified atom stereocenters. The molecule has 0 saturated carbocycles. The van der Waals surface area contributed by atoms with Gasteiger partial charge in [0.05, 0.1) is 17.7 Å². The number of aryl methyl sites for hydroxylation is 1. The average molecular weight is 229 g/mol. The van der Waals surface area contributed by atoms with E-state index in [-0.39, 0.29) is 6.67 Å². The Labute approximate surface area is 97.9 Å². The van der Waals surface area contributed by atoms with Gasteiger partial charge in [-0.1, -0.05) is 12.1 Å². The second-order valence-electron chi connectivity index (χ2n) is 3.98. The van der Waals surface area contributed by atoms with Crippen molar-refractivity contribution in [1.82, 2.24) is 14.4 Å². The molecule has 4 heteroatoms. The maximum Gasteiger partial charge on any atom is 0.235 e. The number of rotatable bonds is 3. The van der Waals surface area contributed by atoms with Crippen LogP contribution in [-0.2, 0) is 6.42 Å². The lowest BCUT2D eigenvalue weighted by Crippen LogP contribution is -1.95. The Morgan fingerprint density at radius 2 is 2.00 bits per heavy atom. The van der Waals surface area contributed by atoms with Crippen molar-refractivity contribution in [2.24, 2.45) is 0 Å². The fourth-order valence-electron chi connectivity index (χ4n) is 1.97. The highest BCUT2D eigenvalue weighted by Crippen LogP contribution is 2.15. The fourth-order valence-corrected chi connectivity index (χ4v) is 1.97. The molecule has 0 spiro atoms. The van der Waals surface area contributed by atoms with Crippen molar-refractivity contribution in [3.8, 4) is 0 Å². The molecule has 3 nitrogen and oxygen atoms in total. The summed E-state index contributed by atoms with van der Waals surface area (Å²) < 4.78 is 14.1. The lowest BCUT2D eigenvalue weighted by Gasteiger charge is -1.99. The molecule has 2 aromatic heterocycles. The van der Waals surface area contributed by atoms with Crippen molar-refractivity contribution in [3.05, 3.63) is 42.2 Å². The molecule has 0 atom stereocenters. The SMILES string of the molecule is FCCCc1ccn2c(n1)nc1ccccc12. The highest BCUT2D eigenvalue weighted by molar-refractivity contribution is 5.79. The van der Waals surface area contributed by atoms with E-state index < -0.39 is 0 Å². The molecule has 3 aromatic rings. The Kier molecular flexibility index (Phi) is 2.48. The molecule has 2 heterocycles. The zero-order chi connectivity index (χ0) is 11.7. The van der Waals surface area contributed by atoms with Crippen LogP contribution in [0.15, 0.2) is 36.5 Å². The molecule has 0 amide bonds. The average Bonchev–Trinajstić information content (AvgIpc) is 2.74. The summed E-state index contributed by atoms with van der Waals surface area (Å²) in [4.78, 5) is 8.88. The maximum atomic E-state index is 12.1. The number of hydrogen-bond donors (Lipinski definition) is 0. The lowest BCUT2D eigenvalue weighted by molar-refractivity contribution is 0.471. The second-order valence-corrected chi connectivity index (χ2v) is 3.98. The van der Waals surface area contributed by atoms with Gasteiger partial charge >= 0.3 is 0 Å². The summed E-state index contributed by atoms with van der Waals surface area (Å²) in [6.07, 6.45) is 3.13. The minimum absolute atomic E-state index is 0.302. The highest BCUT2D eigenvalue weighted by Gasteiger charge is 2.05. The summed E-state index contributed by atoms with van der Waals surface area (Å²) >= 11 is 0. The molecule has 0 N–H and O–H groups in total. The molecule has 0 saturated heterocycles. The third kappa shape index (κ3) is 1.75. The van der Waals surface area contributed by atoms with E-state index in [0.29, 0.717) is 18.6 Å². The van der Waals surface area contributed by atoms with E-state index in [1.165, 1.54) is 0 Å². The van der Waals surface area contributed by atoms with Crippen molar-refractivity contribution in [2.45, 2.75) is 12.8 Å². The minimum atomic E-state index is -0.302. The Hall–Kier alpha value is -1.97. The Morgan fingerprint density at radius 1 is 1.12 bits per heavy atom. The standard InChI is InChI=1S/C13H12FN3/c14-8-3-4-10-7-9-17-12-6-2-1-5-11(12)16-13(17)15-10/h1-2,5-7,9H,3-4,8H2. The molecule has 0 radical (unpaired) electrons. The molecule has 86 valence electrons. The van der Waals surface area contributed by atoms with Crippen molar-refractivity contribution >= 4 is 16.8 Å². The summed E-state index contributed by atoms with van der Waals surface area (Å²) in [7, 11) is 0. The van der Waals surface area contributed by atoms with Crippen LogP contribution in [0.1, 0.15) is 12.1 Å². The topological polar surface area (TPSA) is 30.2 Å². The summed E-state index contributed by atoms with van der Waals surface area (Å²) in [5.41, 5.74) is 2.88. The van der Waals surface area contributed by atoms with Gasteiger partial charge < -0.3 is 0 Å². The predicted octanol–water partition coefficient (Wildman–Crippen LogP) is 2.78. The van der Waals surface area contributed by atoms with Gasteiger partial charge in [-0.05, 0) is 31.0 Å². The number of halogens is 1. The van der Waals surface area contributed by atoms with Crippen LogP contribution < -0.4 is 0 Å². The fraction of sp³-hybridized carbons (Fsp3) is 0.231. The van der Waals surface area contributed by atoms with Crippen LogP contribution in [0.3, 0.4) is 0 Å². The highest BCUT2D eigenvalue weighted by atomic mass is 19.1. The molecule has 0 aliphatic carbocycles. The molecule has 0 fully saturated rings. The van der Waals surface area contributed by atoms with Gasteiger partial charge in [0.1, 0.15) is 0 Å². The quantitative estimate of drug-likeness (QED) is 0.691. The molecule has 17 heavy (non-hydrogen) atoms. The van der Waals surface area contributed by atoms with E-state index in [9.17, 15) is 4.39 Å². The number of aromatic nitrogens is 3. The van der Waals surface area contributed by atoms with Gasteiger partial charge in [-0.2, -0.15) is 0 Å². The largest absolute Gasteiger partial charge is 0.284 e. The number of para-hydroxylation sites is 2. The molecule has 0 aliphatic heterocycles. The zero-order valence-corrected chi connectivity index (χ0v) is 9.31. The lowest BCUT2D eigenvalue weighted by atomic mass is 10.2. The smallest absolute Gasteiger partial charge is 0.235 e. The number of benzene rings is 1. The van der Waals surface area contributed by atoms with Crippen molar-refractivity contribution in [1.29, 1.82) is 0 Å². The molecular weight excluding hydrogens is 217 g/mol. The first-order valence-corrected chi connectivity index (χ1v) is 5.67. The summed E-state index contributed by atoms with van der Waals surface area (Å²) in [6, 6.07) is 9.84. The number of hydrogen-bond acceptors (Lipinski definition) is 2. The molecule has 3 rings (SSSR count). The zero-order valence-electron chi connectivity index (χ0n) is 9.31. The van der Waals surface area contributed by atoms with E-state index in [1.54, 1.807) is 0 Å². The normalized spacial score (nSPS) is 11.4. The number of nitrogens with zero attached hydrogens (tertiary/aromatic N) is 3. The van der Waals surface area contributed by atoms with E-state index >= 15 is 0 Å². The van der Waals surface area contributed by atoms with Gasteiger partial charge in [0.2, 0.25) is 5.78 Å². The molecular formula is C13H12FN3. The third-order valence-electron chi connectivity index (χ3n) is 2.80. The number of imidazole rings is 1. The van der Waals surface area contributed by atoms with Crippen LogP contribution >= 0.6 is 0 Å². The van der Waals surface area contributed by atoms with Gasteiger partial charge in [0, 0.05) is 11.9 Å². The molecule has 0 bridgehead atoms. The van der Waals surface area contributed by atoms with Crippen molar-refractivity contribution in [2.75, 3.05) is 6.67 Å². The first kappa shape index (κ1) is 10.2. The first-order valence-electron chi connectivity index (χ1n) is 5.67. The van der Waals surface area contributed by atoms with E-state index in [1.807, 2.05) is 40.9 Å². The van der Waals surface area contributed by atoms with Crippen LogP contribution in [-0.4, -0.2) is 21.0 Å². The molecule has 0 aliphatic rings. The van der Waals surface area contributed by atoms with E-state index in [2.05, 4.69) is 9.97 Å². The van der Waals surface area contributed by atoms with Crippen LogP contribution in [0.2, 0.25) is 0 Å². The number of fused-ring (bicyclic) bond motifs is 3. The van der Waals surface area contributed by atoms with Gasteiger partial charge in [0.15, 0.2) is 0 Å². The van der Waals surface area contributed by atoms with Crippen molar-refractivity contribution < 1.29 is 4.39 Å². The van der Waals surface area contributed by atoms with Gasteiger partial charge in [-0.15, -0.1) is 0 Å². The number of alkyl halides is 1.